The first-order chi connectivity index (χ1) is 15.6. The van der Waals surface area contributed by atoms with Crippen LogP contribution >= 0.6 is 22.9 Å². The predicted molar refractivity (Wildman–Crippen MR) is 121 cm³/mol. The molecule has 4 aromatic rings. The van der Waals surface area contributed by atoms with Crippen molar-refractivity contribution in [2.45, 2.75) is 0 Å². The molecule has 1 aliphatic rings. The first-order valence-corrected chi connectivity index (χ1v) is 11.0. The number of methoxy groups -OCH3 is 1. The average molecular weight is 472 g/mol. The Balaban J connectivity index is 1.38. The van der Waals surface area contributed by atoms with Crippen LogP contribution in [0.25, 0.3) is 21.7 Å². The summed E-state index contributed by atoms with van der Waals surface area (Å²) in [6.07, 6.45) is 0. The number of nitrogens with one attached hydrogen (secondary N) is 1. The fraction of sp³-hybridized carbons (Fsp3) is 0.238. The summed E-state index contributed by atoms with van der Waals surface area (Å²) >= 11 is 7.74. The van der Waals surface area contributed by atoms with Gasteiger partial charge in [-0.2, -0.15) is 0 Å². The zero-order chi connectivity index (χ0) is 22.1. The van der Waals surface area contributed by atoms with Crippen LogP contribution in [0.2, 0.25) is 5.02 Å². The lowest BCUT2D eigenvalue weighted by atomic mass is 10.1. The van der Waals surface area contributed by atoms with Gasteiger partial charge in [-0.3, -0.25) is 10.1 Å². The summed E-state index contributed by atoms with van der Waals surface area (Å²) < 4.78 is 17.4. The zero-order valence-electron chi connectivity index (χ0n) is 17.0. The molecule has 1 N–H and O–H groups in total. The Labute approximate surface area is 191 Å². The van der Waals surface area contributed by atoms with E-state index in [-0.39, 0.29) is 17.8 Å². The first kappa shape index (κ1) is 20.7. The maximum absolute atomic E-state index is 12.9. The Hall–Kier alpha value is -3.21. The minimum absolute atomic E-state index is 0.151. The molecular formula is C21H18ClN5O4S. The van der Waals surface area contributed by atoms with Crippen molar-refractivity contribution in [3.05, 3.63) is 47.0 Å². The number of aromatic nitrogens is 3. The van der Waals surface area contributed by atoms with E-state index >= 15 is 0 Å². The molecule has 0 radical (unpaired) electrons. The molecule has 164 valence electrons. The van der Waals surface area contributed by atoms with Crippen molar-refractivity contribution in [2.75, 3.05) is 38.7 Å². The van der Waals surface area contributed by atoms with E-state index in [4.69, 9.17) is 25.5 Å². The SMILES string of the molecule is COc1cccc2sc(Nc3nnc(-c4ccc(Cl)c(C(=O)N5CCOCC5)c4)o3)nc12. The molecule has 1 saturated heterocycles. The Bertz CT molecular complexity index is 1280. The topological polar surface area (TPSA) is 103 Å². The maximum atomic E-state index is 12.9. The van der Waals surface area contributed by atoms with Gasteiger partial charge < -0.3 is 18.8 Å². The fourth-order valence-corrected chi connectivity index (χ4v) is 4.45. The van der Waals surface area contributed by atoms with Crippen LogP contribution in [0.15, 0.2) is 40.8 Å². The quantitative estimate of drug-likeness (QED) is 0.461. The van der Waals surface area contributed by atoms with E-state index < -0.39 is 0 Å². The number of nitrogens with zero attached hydrogens (tertiary/aromatic N) is 4. The lowest BCUT2D eigenvalue weighted by Gasteiger charge is -2.27. The maximum Gasteiger partial charge on any atom is 0.322 e. The van der Waals surface area contributed by atoms with Gasteiger partial charge in [-0.05, 0) is 30.3 Å². The predicted octanol–water partition coefficient (Wildman–Crippen LogP) is 4.22. The van der Waals surface area contributed by atoms with E-state index in [1.807, 2.05) is 18.2 Å². The Morgan fingerprint density at radius 1 is 1.22 bits per heavy atom. The molecule has 0 bridgehead atoms. The highest BCUT2D eigenvalue weighted by atomic mass is 35.5. The highest BCUT2D eigenvalue weighted by Crippen LogP contribution is 2.34. The van der Waals surface area contributed by atoms with Crippen molar-refractivity contribution >= 4 is 50.2 Å². The van der Waals surface area contributed by atoms with Gasteiger partial charge in [0.1, 0.15) is 11.3 Å². The van der Waals surface area contributed by atoms with Crippen molar-refractivity contribution in [3.63, 3.8) is 0 Å². The van der Waals surface area contributed by atoms with Crippen LogP contribution in [-0.2, 0) is 4.74 Å². The molecule has 11 heteroatoms. The number of carbonyl (C=O) groups is 1. The van der Waals surface area contributed by atoms with Crippen LogP contribution < -0.4 is 10.1 Å². The van der Waals surface area contributed by atoms with Crippen LogP contribution in [0.5, 0.6) is 5.75 Å². The van der Waals surface area contributed by atoms with Gasteiger partial charge in [0.15, 0.2) is 5.13 Å². The summed E-state index contributed by atoms with van der Waals surface area (Å²) in [4.78, 5) is 19.1. The molecule has 0 atom stereocenters. The number of hydrogen-bond acceptors (Lipinski definition) is 9. The monoisotopic (exact) mass is 471 g/mol. The van der Waals surface area contributed by atoms with Gasteiger partial charge in [-0.1, -0.05) is 34.1 Å². The van der Waals surface area contributed by atoms with Crippen LogP contribution in [0.1, 0.15) is 10.4 Å². The van der Waals surface area contributed by atoms with Crippen LogP contribution in [0, 0.1) is 0 Å². The van der Waals surface area contributed by atoms with Gasteiger partial charge in [-0.25, -0.2) is 4.98 Å². The van der Waals surface area contributed by atoms with Crippen LogP contribution in [0.4, 0.5) is 11.1 Å². The molecule has 0 unspecified atom stereocenters. The summed E-state index contributed by atoms with van der Waals surface area (Å²) in [5.74, 6) is 0.803. The number of ether oxygens (including phenoxy) is 2. The van der Waals surface area contributed by atoms with Crippen molar-refractivity contribution < 1.29 is 18.7 Å². The van der Waals surface area contributed by atoms with Gasteiger partial charge in [0.25, 0.3) is 5.91 Å². The molecule has 0 aliphatic carbocycles. The molecule has 5 rings (SSSR count). The number of morpholine rings is 1. The van der Waals surface area contributed by atoms with Gasteiger partial charge in [0.05, 0.1) is 35.6 Å². The van der Waals surface area contributed by atoms with Crippen LogP contribution in [-0.4, -0.2) is 59.4 Å². The van der Waals surface area contributed by atoms with Crippen molar-refractivity contribution in [3.8, 4) is 17.2 Å². The molecular weight excluding hydrogens is 454 g/mol. The van der Waals surface area contributed by atoms with Crippen molar-refractivity contribution in [1.82, 2.24) is 20.1 Å². The minimum Gasteiger partial charge on any atom is -0.494 e. The summed E-state index contributed by atoms with van der Waals surface area (Å²) in [7, 11) is 1.61. The number of thiazole rings is 1. The minimum atomic E-state index is -0.151. The molecule has 9 nitrogen and oxygen atoms in total. The molecule has 1 aliphatic heterocycles. The number of para-hydroxylation sites is 1. The molecule has 2 aromatic heterocycles. The number of amides is 1. The molecule has 0 spiro atoms. The molecule has 32 heavy (non-hydrogen) atoms. The van der Waals surface area contributed by atoms with Gasteiger partial charge in [-0.15, -0.1) is 5.10 Å². The Morgan fingerprint density at radius 2 is 2.06 bits per heavy atom. The molecule has 3 heterocycles. The summed E-state index contributed by atoms with van der Waals surface area (Å²) in [5, 5.41) is 12.1. The van der Waals surface area contributed by atoms with E-state index in [1.165, 1.54) is 11.3 Å². The normalized spacial score (nSPS) is 14.0. The lowest BCUT2D eigenvalue weighted by Crippen LogP contribution is -2.40. The van der Waals surface area contributed by atoms with Crippen molar-refractivity contribution in [2.24, 2.45) is 0 Å². The summed E-state index contributed by atoms with van der Waals surface area (Å²) in [5.41, 5.74) is 1.74. The highest BCUT2D eigenvalue weighted by Gasteiger charge is 2.22. The zero-order valence-corrected chi connectivity index (χ0v) is 18.6. The number of halogens is 1. The number of carbonyl (C=O) groups excluding carboxylic acids is 1. The Kier molecular flexibility index (Phi) is 5.64. The van der Waals surface area contributed by atoms with Crippen molar-refractivity contribution in [1.29, 1.82) is 0 Å². The number of fused-ring (bicyclic) bond motifs is 1. The van der Waals surface area contributed by atoms with E-state index in [9.17, 15) is 4.79 Å². The highest BCUT2D eigenvalue weighted by molar-refractivity contribution is 7.22. The largest absolute Gasteiger partial charge is 0.494 e. The fourth-order valence-electron chi connectivity index (χ4n) is 3.38. The van der Waals surface area contributed by atoms with E-state index in [1.54, 1.807) is 30.2 Å². The van der Waals surface area contributed by atoms with E-state index in [0.717, 1.165) is 10.2 Å². The van der Waals surface area contributed by atoms with E-state index in [2.05, 4.69) is 20.5 Å². The third-order valence-corrected chi connectivity index (χ3v) is 6.25. The molecule has 1 amide bonds. The molecule has 0 saturated carbocycles. The van der Waals surface area contributed by atoms with E-state index in [0.29, 0.717) is 53.3 Å². The second-order valence-corrected chi connectivity index (χ2v) is 8.40. The summed E-state index contributed by atoms with van der Waals surface area (Å²) in [6, 6.07) is 11.0. The number of anilines is 2. The third kappa shape index (κ3) is 3.99. The van der Waals surface area contributed by atoms with Gasteiger partial charge >= 0.3 is 6.01 Å². The van der Waals surface area contributed by atoms with Gasteiger partial charge in [0.2, 0.25) is 5.89 Å². The first-order valence-electron chi connectivity index (χ1n) is 9.83. The Morgan fingerprint density at radius 3 is 2.88 bits per heavy atom. The average Bonchev–Trinajstić information content (AvgIpc) is 3.46. The van der Waals surface area contributed by atoms with Gasteiger partial charge in [0, 0.05) is 18.7 Å². The lowest BCUT2D eigenvalue weighted by molar-refractivity contribution is 0.0303. The third-order valence-electron chi connectivity index (χ3n) is 4.98. The second kappa shape index (κ2) is 8.73. The smallest absolute Gasteiger partial charge is 0.322 e. The number of hydrogen-bond donors (Lipinski definition) is 1. The molecule has 2 aromatic carbocycles. The standard InChI is InChI=1S/C21H18ClN5O4S/c1-29-15-3-2-4-16-17(15)23-21(32-16)24-20-26-25-18(31-20)12-5-6-14(22)13(11-12)19(28)27-7-9-30-10-8-27/h2-6,11H,7-10H2,1H3,(H,23,24,26). The number of rotatable bonds is 5. The second-order valence-electron chi connectivity index (χ2n) is 6.96. The van der Waals surface area contributed by atoms with Crippen LogP contribution in [0.3, 0.4) is 0 Å². The molecule has 1 fully saturated rings. The summed E-state index contributed by atoms with van der Waals surface area (Å²) in [6.45, 7) is 2.08. The number of benzene rings is 2.